The van der Waals surface area contributed by atoms with Crippen molar-refractivity contribution in [2.24, 2.45) is 0 Å². The Morgan fingerprint density at radius 3 is 2.76 bits per heavy atom. The molecule has 1 aromatic heterocycles. The Hall–Kier alpha value is -2.74. The van der Waals surface area contributed by atoms with Crippen molar-refractivity contribution >= 4 is 11.8 Å². The third-order valence-electron chi connectivity index (χ3n) is 6.04. The lowest BCUT2D eigenvalue weighted by Gasteiger charge is -2.37. The zero-order valence-corrected chi connectivity index (χ0v) is 16.7. The van der Waals surface area contributed by atoms with Crippen molar-refractivity contribution in [3.8, 4) is 0 Å². The summed E-state index contributed by atoms with van der Waals surface area (Å²) in [4.78, 5) is 33.6. The maximum absolute atomic E-state index is 12.9. The van der Waals surface area contributed by atoms with E-state index in [1.807, 2.05) is 17.0 Å². The summed E-state index contributed by atoms with van der Waals surface area (Å²) in [6.07, 6.45) is 3.19. The highest BCUT2D eigenvalue weighted by atomic mass is 16.5. The fraction of sp³-hybridized carbons (Fsp3) is 0.524. The highest BCUT2D eigenvalue weighted by molar-refractivity contribution is 5.88. The monoisotopic (exact) mass is 397 g/mol. The zero-order valence-electron chi connectivity index (χ0n) is 16.7. The lowest BCUT2D eigenvalue weighted by molar-refractivity contribution is -0.139. The predicted molar refractivity (Wildman–Crippen MR) is 106 cm³/mol. The van der Waals surface area contributed by atoms with Gasteiger partial charge in [-0.1, -0.05) is 29.4 Å². The number of nitrogens with zero attached hydrogens (tertiary/aromatic N) is 4. The molecule has 2 aromatic rings. The predicted octanol–water partition coefficient (Wildman–Crippen LogP) is 1.47. The smallest absolute Gasteiger partial charge is 0.237 e. The van der Waals surface area contributed by atoms with Gasteiger partial charge in [-0.15, -0.1) is 0 Å². The molecule has 0 radical (unpaired) electrons. The molecule has 1 N–H and O–H groups in total. The van der Waals surface area contributed by atoms with Crippen LogP contribution < -0.4 is 5.32 Å². The summed E-state index contributed by atoms with van der Waals surface area (Å²) in [6.45, 7) is 5.43. The highest BCUT2D eigenvalue weighted by Crippen LogP contribution is 2.26. The number of aromatic nitrogens is 2. The number of carbonyl (C=O) groups excluding carboxylic acids is 2. The summed E-state index contributed by atoms with van der Waals surface area (Å²) in [5.41, 5.74) is 2.40. The van der Waals surface area contributed by atoms with E-state index in [4.69, 9.17) is 4.52 Å². The number of rotatable bonds is 5. The summed E-state index contributed by atoms with van der Waals surface area (Å²) in [7, 11) is 0. The molecule has 8 nitrogen and oxygen atoms in total. The van der Waals surface area contributed by atoms with E-state index in [0.717, 1.165) is 19.4 Å². The van der Waals surface area contributed by atoms with Crippen LogP contribution in [-0.2, 0) is 16.1 Å². The quantitative estimate of drug-likeness (QED) is 0.822. The van der Waals surface area contributed by atoms with Crippen molar-refractivity contribution < 1.29 is 14.1 Å². The molecule has 1 unspecified atom stereocenters. The minimum Gasteiger partial charge on any atom is -0.353 e. The minimum atomic E-state index is -0.425. The fourth-order valence-electron chi connectivity index (χ4n) is 4.22. The van der Waals surface area contributed by atoms with E-state index in [1.165, 1.54) is 17.5 Å². The van der Waals surface area contributed by atoms with Gasteiger partial charge >= 0.3 is 0 Å². The second kappa shape index (κ2) is 8.73. The van der Waals surface area contributed by atoms with Crippen LogP contribution in [0.3, 0.4) is 0 Å². The molecule has 29 heavy (non-hydrogen) atoms. The van der Waals surface area contributed by atoms with Gasteiger partial charge in [-0.25, -0.2) is 0 Å². The normalized spacial score (nSPS) is 21.2. The van der Waals surface area contributed by atoms with E-state index >= 15 is 0 Å². The minimum absolute atomic E-state index is 0.0356. The van der Waals surface area contributed by atoms with Crippen molar-refractivity contribution in [2.75, 3.05) is 26.2 Å². The number of nitrogens with one attached hydrogen (secondary N) is 1. The van der Waals surface area contributed by atoms with Gasteiger partial charge in [0.25, 0.3) is 0 Å². The Morgan fingerprint density at radius 2 is 2.03 bits per heavy atom. The molecule has 1 atom stereocenters. The van der Waals surface area contributed by atoms with Gasteiger partial charge in [-0.3, -0.25) is 14.5 Å². The Balaban J connectivity index is 1.37. The molecule has 0 bridgehead atoms. The van der Waals surface area contributed by atoms with Crippen molar-refractivity contribution in [3.63, 3.8) is 0 Å². The average molecular weight is 397 g/mol. The maximum atomic E-state index is 12.9. The van der Waals surface area contributed by atoms with E-state index in [-0.39, 0.29) is 24.2 Å². The Bertz CT molecular complexity index is 846. The second-order valence-corrected chi connectivity index (χ2v) is 7.85. The molecule has 4 rings (SSSR count). The summed E-state index contributed by atoms with van der Waals surface area (Å²) in [5.74, 6) is 0.926. The molecule has 2 saturated heterocycles. The fourth-order valence-corrected chi connectivity index (χ4v) is 4.22. The number of likely N-dealkylation sites (tertiary alicyclic amines) is 1. The van der Waals surface area contributed by atoms with Crippen molar-refractivity contribution in [3.05, 3.63) is 47.6 Å². The first-order valence-corrected chi connectivity index (χ1v) is 10.2. The Labute approximate surface area is 170 Å². The maximum Gasteiger partial charge on any atom is 0.237 e. The third kappa shape index (κ3) is 4.48. The lowest BCUT2D eigenvalue weighted by Crippen LogP contribution is -2.56. The summed E-state index contributed by atoms with van der Waals surface area (Å²) < 4.78 is 4.83. The molecule has 3 heterocycles. The molecule has 154 valence electrons. The number of aryl methyl sites for hydroxylation is 1. The van der Waals surface area contributed by atoms with Gasteiger partial charge in [0.1, 0.15) is 0 Å². The first kappa shape index (κ1) is 19.6. The van der Waals surface area contributed by atoms with E-state index < -0.39 is 6.04 Å². The Morgan fingerprint density at radius 1 is 1.24 bits per heavy atom. The van der Waals surface area contributed by atoms with Crippen molar-refractivity contribution in [2.45, 2.75) is 44.7 Å². The molecule has 2 amide bonds. The topological polar surface area (TPSA) is 91.6 Å². The first-order chi connectivity index (χ1) is 14.1. The van der Waals surface area contributed by atoms with Crippen LogP contribution in [0.5, 0.6) is 0 Å². The molecule has 8 heteroatoms. The number of benzene rings is 1. The van der Waals surface area contributed by atoms with Gasteiger partial charge in [0.15, 0.2) is 5.82 Å². The van der Waals surface area contributed by atoms with Gasteiger partial charge < -0.3 is 14.7 Å². The van der Waals surface area contributed by atoms with E-state index in [0.29, 0.717) is 32.0 Å². The van der Waals surface area contributed by atoms with Crippen molar-refractivity contribution in [1.29, 1.82) is 0 Å². The van der Waals surface area contributed by atoms with Crippen LogP contribution in [-0.4, -0.2) is 64.0 Å². The van der Waals surface area contributed by atoms with Crippen LogP contribution in [0.4, 0.5) is 0 Å². The molecular weight excluding hydrogens is 370 g/mol. The summed E-state index contributed by atoms with van der Waals surface area (Å²) >= 11 is 0. The Kier molecular flexibility index (Phi) is 5.89. The van der Waals surface area contributed by atoms with Gasteiger partial charge in [0, 0.05) is 38.6 Å². The molecule has 1 aromatic carbocycles. The summed E-state index contributed by atoms with van der Waals surface area (Å²) in [6, 6.07) is 7.77. The van der Waals surface area contributed by atoms with Crippen LogP contribution >= 0.6 is 0 Å². The third-order valence-corrected chi connectivity index (χ3v) is 6.04. The van der Waals surface area contributed by atoms with Gasteiger partial charge in [0.05, 0.1) is 12.5 Å². The van der Waals surface area contributed by atoms with Gasteiger partial charge in [-0.05, 0) is 30.9 Å². The van der Waals surface area contributed by atoms with Crippen LogP contribution in [0.25, 0.3) is 0 Å². The average Bonchev–Trinajstić information content (AvgIpc) is 3.27. The van der Waals surface area contributed by atoms with E-state index in [2.05, 4.69) is 39.4 Å². The molecule has 0 aliphatic carbocycles. The number of amides is 2. The van der Waals surface area contributed by atoms with Crippen molar-refractivity contribution in [1.82, 2.24) is 25.3 Å². The second-order valence-electron chi connectivity index (χ2n) is 7.85. The number of hydrogen-bond donors (Lipinski definition) is 1. The van der Waals surface area contributed by atoms with E-state index in [1.54, 1.807) is 0 Å². The van der Waals surface area contributed by atoms with Gasteiger partial charge in [-0.2, -0.15) is 4.98 Å². The van der Waals surface area contributed by atoms with Gasteiger partial charge in [0.2, 0.25) is 18.2 Å². The molecule has 2 aliphatic heterocycles. The van der Waals surface area contributed by atoms with Crippen LogP contribution in [0.1, 0.15) is 42.1 Å². The standard InChI is InChI=1S/C21H27N5O3/c1-15-4-2-3-5-17(15)13-26-11-8-22-21(28)18(26)12-19(27)25-9-6-16(7-10-25)20-23-14-29-24-20/h2-5,14,16,18H,6-13H2,1H3,(H,22,28). The molecule has 0 spiro atoms. The highest BCUT2D eigenvalue weighted by Gasteiger charge is 2.34. The van der Waals surface area contributed by atoms with Crippen LogP contribution in [0.15, 0.2) is 35.2 Å². The zero-order chi connectivity index (χ0) is 20.2. The number of hydrogen-bond acceptors (Lipinski definition) is 6. The van der Waals surface area contributed by atoms with Crippen LogP contribution in [0.2, 0.25) is 0 Å². The molecular formula is C21H27N5O3. The number of piperidine rings is 1. The first-order valence-electron chi connectivity index (χ1n) is 10.2. The largest absolute Gasteiger partial charge is 0.353 e. The summed E-state index contributed by atoms with van der Waals surface area (Å²) in [5, 5.41) is 6.84. The SMILES string of the molecule is Cc1ccccc1CN1CCNC(=O)C1CC(=O)N1CCC(c2ncon2)CC1. The van der Waals surface area contributed by atoms with E-state index in [9.17, 15) is 9.59 Å². The lowest BCUT2D eigenvalue weighted by atomic mass is 9.95. The molecule has 2 fully saturated rings. The number of piperazine rings is 1. The molecule has 2 aliphatic rings. The number of carbonyl (C=O) groups is 2. The van der Waals surface area contributed by atoms with Crippen LogP contribution in [0, 0.1) is 6.92 Å². The molecule has 0 saturated carbocycles.